The monoisotopic (exact) mass is 300 g/mol. The molecule has 1 amide bonds. The first-order valence-corrected chi connectivity index (χ1v) is 8.60. The topological polar surface area (TPSA) is 44.1 Å². The summed E-state index contributed by atoms with van der Waals surface area (Å²) in [5, 5.41) is 8.86. The van der Waals surface area contributed by atoms with Crippen LogP contribution in [-0.2, 0) is 4.79 Å². The van der Waals surface area contributed by atoms with E-state index in [0.29, 0.717) is 18.9 Å². The van der Waals surface area contributed by atoms with Gasteiger partial charge in [0.25, 0.3) is 0 Å². The number of nitrogens with zero attached hydrogens (tertiary/aromatic N) is 2. The van der Waals surface area contributed by atoms with E-state index in [0.717, 1.165) is 11.3 Å². The van der Waals surface area contributed by atoms with E-state index >= 15 is 0 Å². The molecule has 21 heavy (non-hydrogen) atoms. The fourth-order valence-electron chi connectivity index (χ4n) is 3.09. The molecule has 3 rings (SSSR count). The van der Waals surface area contributed by atoms with Gasteiger partial charge in [0.1, 0.15) is 0 Å². The summed E-state index contributed by atoms with van der Waals surface area (Å²) in [6, 6.07) is 10.6. The van der Waals surface area contributed by atoms with E-state index in [-0.39, 0.29) is 17.9 Å². The molecule has 1 aromatic carbocycles. The van der Waals surface area contributed by atoms with Crippen molar-refractivity contribution in [3.8, 4) is 6.07 Å². The number of amides is 1. The summed E-state index contributed by atoms with van der Waals surface area (Å²) in [6.07, 6.45) is 2.85. The van der Waals surface area contributed by atoms with Crippen LogP contribution < -0.4 is 0 Å². The van der Waals surface area contributed by atoms with Crippen LogP contribution in [0.25, 0.3) is 0 Å². The summed E-state index contributed by atoms with van der Waals surface area (Å²) in [5.74, 6) is 1.64. The van der Waals surface area contributed by atoms with Crippen LogP contribution in [0.3, 0.4) is 0 Å². The fourth-order valence-corrected chi connectivity index (χ4v) is 4.31. The van der Waals surface area contributed by atoms with E-state index in [9.17, 15) is 4.79 Å². The van der Waals surface area contributed by atoms with Crippen molar-refractivity contribution in [3.63, 3.8) is 0 Å². The zero-order valence-electron chi connectivity index (χ0n) is 12.3. The number of hydrogen-bond acceptors (Lipinski definition) is 3. The highest BCUT2D eigenvalue weighted by molar-refractivity contribution is 7.99. The van der Waals surface area contributed by atoms with Gasteiger partial charge < -0.3 is 4.90 Å². The average Bonchev–Trinajstić information content (AvgIpc) is 3.26. The van der Waals surface area contributed by atoms with E-state index in [1.807, 2.05) is 17.0 Å². The lowest BCUT2D eigenvalue weighted by molar-refractivity contribution is -0.134. The minimum atomic E-state index is -0.0360. The van der Waals surface area contributed by atoms with E-state index in [2.05, 4.69) is 25.1 Å². The molecule has 2 aliphatic rings. The SMILES string of the molecule is C[C@@H](C1CC1)N(CCC#N)C(=O)[C@H]1CSc2ccccc21. The lowest BCUT2D eigenvalue weighted by Gasteiger charge is -2.31. The number of rotatable bonds is 5. The first-order valence-electron chi connectivity index (χ1n) is 7.61. The molecule has 0 unspecified atom stereocenters. The van der Waals surface area contributed by atoms with Gasteiger partial charge in [-0.1, -0.05) is 18.2 Å². The smallest absolute Gasteiger partial charge is 0.231 e. The molecule has 4 heteroatoms. The molecule has 0 saturated heterocycles. The third-order valence-electron chi connectivity index (χ3n) is 4.54. The summed E-state index contributed by atoms with van der Waals surface area (Å²) in [6.45, 7) is 2.71. The van der Waals surface area contributed by atoms with Crippen molar-refractivity contribution in [2.24, 2.45) is 5.92 Å². The second-order valence-corrected chi connectivity index (χ2v) is 6.98. The zero-order valence-corrected chi connectivity index (χ0v) is 13.1. The second-order valence-electron chi connectivity index (χ2n) is 5.92. The van der Waals surface area contributed by atoms with Crippen LogP contribution >= 0.6 is 11.8 Å². The van der Waals surface area contributed by atoms with Crippen molar-refractivity contribution in [1.29, 1.82) is 5.26 Å². The molecule has 1 fully saturated rings. The number of hydrogen-bond donors (Lipinski definition) is 0. The molecule has 3 nitrogen and oxygen atoms in total. The zero-order chi connectivity index (χ0) is 14.8. The highest BCUT2D eigenvalue weighted by Crippen LogP contribution is 2.42. The normalized spacial score (nSPS) is 21.4. The molecule has 0 bridgehead atoms. The Kier molecular flexibility index (Phi) is 4.21. The number of thioether (sulfide) groups is 1. The third kappa shape index (κ3) is 2.94. The molecule has 1 saturated carbocycles. The molecular formula is C17H20N2OS. The molecule has 0 aromatic heterocycles. The van der Waals surface area contributed by atoms with Gasteiger partial charge in [-0.3, -0.25) is 4.79 Å². The Hall–Kier alpha value is -1.47. The van der Waals surface area contributed by atoms with E-state index < -0.39 is 0 Å². The maximum atomic E-state index is 13.0. The third-order valence-corrected chi connectivity index (χ3v) is 5.72. The Morgan fingerprint density at radius 2 is 2.24 bits per heavy atom. The van der Waals surface area contributed by atoms with Crippen LogP contribution in [-0.4, -0.2) is 29.1 Å². The van der Waals surface area contributed by atoms with Gasteiger partial charge in [0.15, 0.2) is 0 Å². The molecule has 0 radical (unpaired) electrons. The van der Waals surface area contributed by atoms with Crippen molar-refractivity contribution in [2.45, 2.75) is 43.0 Å². The molecule has 0 spiro atoms. The number of carbonyl (C=O) groups is 1. The van der Waals surface area contributed by atoms with Crippen molar-refractivity contribution >= 4 is 17.7 Å². The van der Waals surface area contributed by atoms with Crippen LogP contribution in [0.5, 0.6) is 0 Å². The molecule has 1 aliphatic carbocycles. The molecule has 1 aliphatic heterocycles. The first-order chi connectivity index (χ1) is 10.2. The van der Waals surface area contributed by atoms with E-state index in [4.69, 9.17) is 5.26 Å². The second kappa shape index (κ2) is 6.11. The largest absolute Gasteiger partial charge is 0.338 e. The Bertz CT molecular complexity index is 576. The number of nitriles is 1. The Balaban J connectivity index is 1.79. The lowest BCUT2D eigenvalue weighted by Crippen LogP contribution is -2.43. The Morgan fingerprint density at radius 1 is 1.48 bits per heavy atom. The van der Waals surface area contributed by atoms with Gasteiger partial charge >= 0.3 is 0 Å². The summed E-state index contributed by atoms with van der Waals surface area (Å²) in [7, 11) is 0. The van der Waals surface area contributed by atoms with Crippen LogP contribution in [0.15, 0.2) is 29.2 Å². The maximum absolute atomic E-state index is 13.0. The lowest BCUT2D eigenvalue weighted by atomic mass is 9.98. The number of benzene rings is 1. The predicted molar refractivity (Wildman–Crippen MR) is 84.0 cm³/mol. The minimum Gasteiger partial charge on any atom is -0.338 e. The van der Waals surface area contributed by atoms with Crippen LogP contribution in [0.2, 0.25) is 0 Å². The fraction of sp³-hybridized carbons (Fsp3) is 0.529. The van der Waals surface area contributed by atoms with Gasteiger partial charge in [0.05, 0.1) is 18.4 Å². The van der Waals surface area contributed by atoms with Crippen molar-refractivity contribution in [3.05, 3.63) is 29.8 Å². The standard InChI is InChI=1S/C17H20N2OS/c1-12(13-7-8-13)19(10-4-9-18)17(20)15-11-21-16-6-3-2-5-14(15)16/h2-3,5-6,12-13,15H,4,7-8,10-11H2,1H3/t12-,15-/m0/s1. The van der Waals surface area contributed by atoms with Crippen molar-refractivity contribution in [2.75, 3.05) is 12.3 Å². The van der Waals surface area contributed by atoms with E-state index in [1.165, 1.54) is 17.7 Å². The van der Waals surface area contributed by atoms with Crippen molar-refractivity contribution < 1.29 is 4.79 Å². The van der Waals surface area contributed by atoms with Gasteiger partial charge in [-0.2, -0.15) is 5.26 Å². The number of fused-ring (bicyclic) bond motifs is 1. The summed E-state index contributed by atoms with van der Waals surface area (Å²) < 4.78 is 0. The van der Waals surface area contributed by atoms with Gasteiger partial charge in [-0.25, -0.2) is 0 Å². The molecule has 1 heterocycles. The van der Waals surface area contributed by atoms with Crippen LogP contribution in [0, 0.1) is 17.2 Å². The van der Waals surface area contributed by atoms with Gasteiger partial charge in [-0.15, -0.1) is 11.8 Å². The molecule has 0 N–H and O–H groups in total. The molecule has 2 atom stereocenters. The average molecular weight is 300 g/mol. The highest BCUT2D eigenvalue weighted by atomic mass is 32.2. The van der Waals surface area contributed by atoms with Gasteiger partial charge in [0.2, 0.25) is 5.91 Å². The number of carbonyl (C=O) groups excluding carboxylic acids is 1. The van der Waals surface area contributed by atoms with Crippen LogP contribution in [0.1, 0.15) is 37.7 Å². The molecule has 110 valence electrons. The molecule has 1 aromatic rings. The minimum absolute atomic E-state index is 0.0360. The van der Waals surface area contributed by atoms with Crippen molar-refractivity contribution in [1.82, 2.24) is 4.90 Å². The van der Waals surface area contributed by atoms with Gasteiger partial charge in [0, 0.05) is 23.2 Å². The highest BCUT2D eigenvalue weighted by Gasteiger charge is 2.38. The first kappa shape index (κ1) is 14.5. The maximum Gasteiger partial charge on any atom is 0.231 e. The predicted octanol–water partition coefficient (Wildman–Crippen LogP) is 3.42. The molecular weight excluding hydrogens is 280 g/mol. The summed E-state index contributed by atoms with van der Waals surface area (Å²) in [4.78, 5) is 16.2. The Labute approximate surface area is 130 Å². The Morgan fingerprint density at radius 3 is 2.95 bits per heavy atom. The van der Waals surface area contributed by atoms with E-state index in [1.54, 1.807) is 11.8 Å². The van der Waals surface area contributed by atoms with Gasteiger partial charge in [-0.05, 0) is 37.3 Å². The summed E-state index contributed by atoms with van der Waals surface area (Å²) >= 11 is 1.77. The van der Waals surface area contributed by atoms with Crippen LogP contribution in [0.4, 0.5) is 0 Å². The quantitative estimate of drug-likeness (QED) is 0.837. The summed E-state index contributed by atoms with van der Waals surface area (Å²) in [5.41, 5.74) is 1.16.